The lowest BCUT2D eigenvalue weighted by Gasteiger charge is -2.25. The molecule has 1 heterocycles. The van der Waals surface area contributed by atoms with Gasteiger partial charge in [-0.3, -0.25) is 0 Å². The summed E-state index contributed by atoms with van der Waals surface area (Å²) in [7, 11) is 2.04. The summed E-state index contributed by atoms with van der Waals surface area (Å²) in [6, 6.07) is 0. The highest BCUT2D eigenvalue weighted by atomic mass is 16.3. The van der Waals surface area contributed by atoms with Crippen LogP contribution in [0.5, 0.6) is 0 Å². The molecule has 0 bridgehead atoms. The van der Waals surface area contributed by atoms with Crippen molar-refractivity contribution < 1.29 is 10.2 Å². The number of hydrogen-bond acceptors (Lipinski definition) is 3. The summed E-state index contributed by atoms with van der Waals surface area (Å²) < 4.78 is 0. The van der Waals surface area contributed by atoms with Crippen LogP contribution in [0.2, 0.25) is 0 Å². The molecule has 16 heavy (non-hydrogen) atoms. The Labute approximate surface area is 99.5 Å². The quantitative estimate of drug-likeness (QED) is 0.663. The second kappa shape index (κ2) is 7.25. The van der Waals surface area contributed by atoms with Crippen LogP contribution in [-0.4, -0.2) is 47.5 Å². The van der Waals surface area contributed by atoms with E-state index in [1.54, 1.807) is 0 Å². The molecule has 2 N–H and O–H groups in total. The van der Waals surface area contributed by atoms with Crippen molar-refractivity contribution in [1.29, 1.82) is 0 Å². The van der Waals surface area contributed by atoms with E-state index >= 15 is 0 Å². The molecule has 1 aliphatic carbocycles. The lowest BCUT2D eigenvalue weighted by atomic mass is 9.89. The van der Waals surface area contributed by atoms with Crippen LogP contribution in [0, 0.1) is 5.92 Å². The third kappa shape index (κ3) is 5.83. The molecule has 1 unspecified atom stereocenters. The topological polar surface area (TPSA) is 43.7 Å². The number of nitrogens with zero attached hydrogens (tertiary/aromatic N) is 1. The number of hydrogen-bond donors (Lipinski definition) is 2. The summed E-state index contributed by atoms with van der Waals surface area (Å²) >= 11 is 0. The maximum atomic E-state index is 9.08. The zero-order valence-electron chi connectivity index (χ0n) is 10.7. The predicted octanol–water partition coefficient (Wildman–Crippen LogP) is 1.63. The minimum atomic E-state index is -0.0613. The first-order valence-electron chi connectivity index (χ1n) is 6.62. The van der Waals surface area contributed by atoms with Crippen LogP contribution in [0.1, 0.15) is 45.4 Å². The highest BCUT2D eigenvalue weighted by Gasteiger charge is 2.15. The average Bonchev–Trinajstić information content (AvgIpc) is 2.17. The standard InChI is InChI=1S/C7H14O.C6H13NO/c1-6-3-2-4-7(8)5-6;1-7-4-2-3-6(8)5-7/h6-8H,2-5H2,1H3;6,8H,2-5H2,1H3/t6?,7-;6-/m01/s1. The highest BCUT2D eigenvalue weighted by Crippen LogP contribution is 2.22. The van der Waals surface area contributed by atoms with Crippen LogP contribution in [-0.2, 0) is 0 Å². The Morgan fingerprint density at radius 1 is 1.00 bits per heavy atom. The number of likely N-dealkylation sites (tertiary alicyclic amines) is 1. The van der Waals surface area contributed by atoms with Crippen LogP contribution < -0.4 is 0 Å². The van der Waals surface area contributed by atoms with Gasteiger partial charge in [0.05, 0.1) is 12.2 Å². The van der Waals surface area contributed by atoms with E-state index in [9.17, 15) is 0 Å². The Bertz CT molecular complexity index is 151. The molecule has 1 saturated heterocycles. The van der Waals surface area contributed by atoms with Crippen molar-refractivity contribution in [1.82, 2.24) is 4.90 Å². The fraction of sp³-hybridized carbons (Fsp3) is 1.00. The van der Waals surface area contributed by atoms with Crippen LogP contribution in [0.25, 0.3) is 0 Å². The molecule has 1 saturated carbocycles. The van der Waals surface area contributed by atoms with Crippen molar-refractivity contribution in [3.05, 3.63) is 0 Å². The minimum Gasteiger partial charge on any atom is -0.393 e. The van der Waals surface area contributed by atoms with Gasteiger partial charge in [-0.15, -0.1) is 0 Å². The van der Waals surface area contributed by atoms with Crippen LogP contribution in [0.3, 0.4) is 0 Å². The van der Waals surface area contributed by atoms with E-state index in [4.69, 9.17) is 10.2 Å². The van der Waals surface area contributed by atoms with Gasteiger partial charge in [-0.1, -0.05) is 19.8 Å². The molecule has 2 rings (SSSR count). The smallest absolute Gasteiger partial charge is 0.0667 e. The van der Waals surface area contributed by atoms with Crippen molar-refractivity contribution >= 4 is 0 Å². The molecule has 96 valence electrons. The van der Waals surface area contributed by atoms with Crippen molar-refractivity contribution in [3.8, 4) is 0 Å². The summed E-state index contributed by atoms with van der Waals surface area (Å²) in [5, 5.41) is 18.1. The van der Waals surface area contributed by atoms with Gasteiger partial charge in [0, 0.05) is 6.54 Å². The van der Waals surface area contributed by atoms with E-state index in [-0.39, 0.29) is 12.2 Å². The first-order chi connectivity index (χ1) is 7.58. The molecule has 0 aromatic rings. The minimum absolute atomic E-state index is 0.0127. The number of rotatable bonds is 0. The molecule has 1 aliphatic heterocycles. The Kier molecular flexibility index (Phi) is 6.32. The van der Waals surface area contributed by atoms with E-state index in [1.165, 1.54) is 12.8 Å². The molecule has 0 amide bonds. The van der Waals surface area contributed by atoms with Gasteiger partial charge < -0.3 is 15.1 Å². The molecule has 3 atom stereocenters. The molecular formula is C13H27NO2. The molecule has 3 nitrogen and oxygen atoms in total. The van der Waals surface area contributed by atoms with Gasteiger partial charge in [-0.2, -0.15) is 0 Å². The van der Waals surface area contributed by atoms with Crippen LogP contribution >= 0.6 is 0 Å². The summed E-state index contributed by atoms with van der Waals surface area (Å²) in [4.78, 5) is 2.16. The SMILES string of the molecule is CC1CCC[C@H](O)C1.CN1CCC[C@@H](O)C1. The monoisotopic (exact) mass is 229 g/mol. The van der Waals surface area contributed by atoms with E-state index < -0.39 is 0 Å². The number of piperidine rings is 1. The van der Waals surface area contributed by atoms with Crippen LogP contribution in [0.4, 0.5) is 0 Å². The van der Waals surface area contributed by atoms with Gasteiger partial charge in [0.1, 0.15) is 0 Å². The van der Waals surface area contributed by atoms with E-state index in [0.29, 0.717) is 0 Å². The van der Waals surface area contributed by atoms with Crippen molar-refractivity contribution in [2.75, 3.05) is 20.1 Å². The summed E-state index contributed by atoms with van der Waals surface area (Å²) in [6.45, 7) is 4.22. The summed E-state index contributed by atoms with van der Waals surface area (Å²) in [6.07, 6.45) is 6.69. The van der Waals surface area contributed by atoms with Gasteiger partial charge in [0.25, 0.3) is 0 Å². The van der Waals surface area contributed by atoms with Gasteiger partial charge >= 0.3 is 0 Å². The van der Waals surface area contributed by atoms with Gasteiger partial charge in [0.2, 0.25) is 0 Å². The Hall–Kier alpha value is -0.120. The van der Waals surface area contributed by atoms with Crippen molar-refractivity contribution in [2.45, 2.75) is 57.7 Å². The lowest BCUT2D eigenvalue weighted by molar-refractivity contribution is 0.0846. The summed E-state index contributed by atoms with van der Waals surface area (Å²) in [5.41, 5.74) is 0. The molecule has 0 radical (unpaired) electrons. The molecule has 2 aliphatic rings. The zero-order valence-corrected chi connectivity index (χ0v) is 10.7. The van der Waals surface area contributed by atoms with Crippen molar-refractivity contribution in [3.63, 3.8) is 0 Å². The highest BCUT2D eigenvalue weighted by molar-refractivity contribution is 4.68. The lowest BCUT2D eigenvalue weighted by Crippen LogP contribution is -2.34. The van der Waals surface area contributed by atoms with Crippen molar-refractivity contribution in [2.24, 2.45) is 5.92 Å². The van der Waals surface area contributed by atoms with Crippen LogP contribution in [0.15, 0.2) is 0 Å². The second-order valence-electron chi connectivity index (χ2n) is 5.48. The third-order valence-electron chi connectivity index (χ3n) is 3.51. The average molecular weight is 229 g/mol. The summed E-state index contributed by atoms with van der Waals surface area (Å²) in [5.74, 6) is 0.763. The van der Waals surface area contributed by atoms with Gasteiger partial charge in [-0.05, 0) is 45.2 Å². The van der Waals surface area contributed by atoms with Gasteiger partial charge in [-0.25, -0.2) is 0 Å². The molecule has 0 spiro atoms. The molecule has 3 heteroatoms. The normalized spacial score (nSPS) is 36.4. The predicted molar refractivity (Wildman–Crippen MR) is 66.4 cm³/mol. The number of β-amino-alcohol motifs (C(OH)–C–C–N with tert-alkyl or cyclic N) is 1. The first-order valence-corrected chi connectivity index (χ1v) is 6.62. The van der Waals surface area contributed by atoms with E-state index in [2.05, 4.69) is 11.8 Å². The molecule has 0 aromatic heterocycles. The molecule has 0 aromatic carbocycles. The zero-order chi connectivity index (χ0) is 12.0. The second-order valence-corrected chi connectivity index (χ2v) is 5.48. The van der Waals surface area contributed by atoms with Gasteiger partial charge in [0.15, 0.2) is 0 Å². The molecule has 2 fully saturated rings. The number of aliphatic hydroxyl groups is 2. The fourth-order valence-electron chi connectivity index (χ4n) is 2.54. The number of likely N-dealkylation sites (N-methyl/N-ethyl adjacent to an activating group) is 1. The maximum absolute atomic E-state index is 9.08. The Morgan fingerprint density at radius 2 is 1.69 bits per heavy atom. The van der Waals surface area contributed by atoms with E-state index in [0.717, 1.165) is 44.7 Å². The molecular weight excluding hydrogens is 202 g/mol. The maximum Gasteiger partial charge on any atom is 0.0667 e. The fourth-order valence-corrected chi connectivity index (χ4v) is 2.54. The Morgan fingerprint density at radius 3 is 2.06 bits per heavy atom. The largest absolute Gasteiger partial charge is 0.393 e. The van der Waals surface area contributed by atoms with E-state index in [1.807, 2.05) is 7.05 Å². The Balaban J connectivity index is 0.000000160. The number of aliphatic hydroxyl groups excluding tert-OH is 2. The first kappa shape index (κ1) is 13.9. The third-order valence-corrected chi connectivity index (χ3v) is 3.51.